The molecule has 0 spiro atoms. The molecule has 0 aromatic carbocycles. The van der Waals surface area contributed by atoms with Crippen LogP contribution < -0.4 is 5.73 Å². The third kappa shape index (κ3) is 4.01. The summed E-state index contributed by atoms with van der Waals surface area (Å²) in [6.45, 7) is 0. The first-order chi connectivity index (χ1) is 10.4. The van der Waals surface area contributed by atoms with E-state index in [4.69, 9.17) is 5.73 Å². The maximum atomic E-state index is 6.65. The minimum atomic E-state index is 0.441. The molecule has 0 bridgehead atoms. The lowest BCUT2D eigenvalue weighted by atomic mass is 9.85. The summed E-state index contributed by atoms with van der Waals surface area (Å²) in [5, 5.41) is 0. The highest BCUT2D eigenvalue weighted by atomic mass is 15.2. The Hall–Kier alpha value is -0.0800. The van der Waals surface area contributed by atoms with Crippen molar-refractivity contribution >= 4 is 0 Å². The fraction of sp³-hybridized carbons (Fsp3) is 1.00. The second-order valence-electron chi connectivity index (χ2n) is 7.90. The lowest BCUT2D eigenvalue weighted by Gasteiger charge is -2.48. The van der Waals surface area contributed by atoms with E-state index in [0.717, 1.165) is 12.1 Å². The van der Waals surface area contributed by atoms with Gasteiger partial charge in [-0.3, -0.25) is 4.90 Å². The minimum absolute atomic E-state index is 0.441. The molecule has 0 aromatic rings. The van der Waals surface area contributed by atoms with Gasteiger partial charge in [-0.2, -0.15) is 0 Å². The first-order valence-corrected chi connectivity index (χ1v) is 9.89. The minimum Gasteiger partial charge on any atom is -0.326 e. The summed E-state index contributed by atoms with van der Waals surface area (Å²) >= 11 is 0. The van der Waals surface area contributed by atoms with Crippen molar-refractivity contribution in [2.75, 3.05) is 0 Å². The summed E-state index contributed by atoms with van der Waals surface area (Å²) < 4.78 is 0. The molecule has 3 aliphatic carbocycles. The quantitative estimate of drug-likeness (QED) is 0.769. The highest BCUT2D eigenvalue weighted by molar-refractivity contribution is 4.93. The third-order valence-corrected chi connectivity index (χ3v) is 6.41. The van der Waals surface area contributed by atoms with E-state index in [1.165, 1.54) is 96.3 Å². The third-order valence-electron chi connectivity index (χ3n) is 6.41. The van der Waals surface area contributed by atoms with Crippen LogP contribution in [0.5, 0.6) is 0 Å². The summed E-state index contributed by atoms with van der Waals surface area (Å²) in [6, 6.07) is 2.85. The van der Waals surface area contributed by atoms with Gasteiger partial charge in [0, 0.05) is 24.2 Å². The van der Waals surface area contributed by atoms with Crippen LogP contribution in [0.25, 0.3) is 0 Å². The molecule has 3 fully saturated rings. The zero-order chi connectivity index (χ0) is 14.5. The Balaban J connectivity index is 1.75. The summed E-state index contributed by atoms with van der Waals surface area (Å²) in [4.78, 5) is 2.99. The fourth-order valence-electron chi connectivity index (χ4n) is 5.29. The van der Waals surface area contributed by atoms with Gasteiger partial charge in [-0.15, -0.1) is 0 Å². The maximum absolute atomic E-state index is 6.65. The average Bonchev–Trinajstić information content (AvgIpc) is 2.75. The molecule has 0 saturated heterocycles. The molecule has 0 aromatic heterocycles. The Labute approximate surface area is 131 Å². The van der Waals surface area contributed by atoms with Gasteiger partial charge in [0.2, 0.25) is 0 Å². The van der Waals surface area contributed by atoms with Crippen LogP contribution in [0.3, 0.4) is 0 Å². The molecule has 122 valence electrons. The molecule has 2 nitrogen and oxygen atoms in total. The van der Waals surface area contributed by atoms with Crippen LogP contribution >= 0.6 is 0 Å². The highest BCUT2D eigenvalue weighted by Gasteiger charge is 2.36. The SMILES string of the molecule is NC1CCCCCC1N(C1CCCCC1)C1CCCCC1. The monoisotopic (exact) mass is 292 g/mol. The van der Waals surface area contributed by atoms with E-state index >= 15 is 0 Å². The Bertz CT molecular complexity index is 274. The van der Waals surface area contributed by atoms with Gasteiger partial charge in [0.05, 0.1) is 0 Å². The first kappa shape index (κ1) is 15.8. The Morgan fingerprint density at radius 1 is 0.524 bits per heavy atom. The first-order valence-electron chi connectivity index (χ1n) is 9.89. The van der Waals surface area contributed by atoms with Crippen LogP contribution in [-0.4, -0.2) is 29.1 Å². The van der Waals surface area contributed by atoms with Crippen molar-refractivity contribution in [2.24, 2.45) is 5.73 Å². The Kier molecular flexibility index (Phi) is 5.99. The molecular formula is C19H36N2. The molecule has 3 aliphatic rings. The number of hydrogen-bond acceptors (Lipinski definition) is 2. The van der Waals surface area contributed by atoms with Crippen LogP contribution in [0.4, 0.5) is 0 Å². The maximum Gasteiger partial charge on any atom is 0.0253 e. The lowest BCUT2D eigenvalue weighted by Crippen LogP contribution is -2.56. The predicted molar refractivity (Wildman–Crippen MR) is 90.4 cm³/mol. The number of nitrogens with two attached hydrogens (primary N) is 1. The molecule has 2 unspecified atom stereocenters. The predicted octanol–water partition coefficient (Wildman–Crippen LogP) is 4.61. The van der Waals surface area contributed by atoms with Crippen LogP contribution in [0.1, 0.15) is 96.3 Å². The van der Waals surface area contributed by atoms with Crippen molar-refractivity contribution < 1.29 is 0 Å². The van der Waals surface area contributed by atoms with Gasteiger partial charge in [-0.05, 0) is 38.5 Å². The molecule has 0 aliphatic heterocycles. The van der Waals surface area contributed by atoms with E-state index in [9.17, 15) is 0 Å². The molecule has 0 radical (unpaired) electrons. The number of rotatable bonds is 3. The van der Waals surface area contributed by atoms with Gasteiger partial charge < -0.3 is 5.73 Å². The molecule has 2 N–H and O–H groups in total. The second kappa shape index (κ2) is 7.97. The highest BCUT2D eigenvalue weighted by Crippen LogP contribution is 2.35. The smallest absolute Gasteiger partial charge is 0.0253 e. The van der Waals surface area contributed by atoms with Gasteiger partial charge in [-0.1, -0.05) is 57.8 Å². The fourth-order valence-corrected chi connectivity index (χ4v) is 5.29. The van der Waals surface area contributed by atoms with Crippen LogP contribution in [0.15, 0.2) is 0 Å². The molecule has 0 heterocycles. The Morgan fingerprint density at radius 2 is 0.952 bits per heavy atom. The van der Waals surface area contributed by atoms with Crippen molar-refractivity contribution in [3.8, 4) is 0 Å². The largest absolute Gasteiger partial charge is 0.326 e. The van der Waals surface area contributed by atoms with Crippen molar-refractivity contribution in [1.82, 2.24) is 4.90 Å². The van der Waals surface area contributed by atoms with E-state index in [-0.39, 0.29) is 0 Å². The van der Waals surface area contributed by atoms with E-state index in [1.54, 1.807) is 0 Å². The van der Waals surface area contributed by atoms with E-state index in [2.05, 4.69) is 4.90 Å². The molecule has 21 heavy (non-hydrogen) atoms. The molecule has 3 rings (SSSR count). The number of hydrogen-bond donors (Lipinski definition) is 1. The summed E-state index contributed by atoms with van der Waals surface area (Å²) in [5.74, 6) is 0. The van der Waals surface area contributed by atoms with Crippen molar-refractivity contribution in [2.45, 2.75) is 120 Å². The van der Waals surface area contributed by atoms with Gasteiger partial charge in [0.15, 0.2) is 0 Å². The normalized spacial score (nSPS) is 34.0. The van der Waals surface area contributed by atoms with Crippen LogP contribution in [0.2, 0.25) is 0 Å². The average molecular weight is 293 g/mol. The van der Waals surface area contributed by atoms with Gasteiger partial charge in [0.25, 0.3) is 0 Å². The summed E-state index contributed by atoms with van der Waals surface area (Å²) in [7, 11) is 0. The summed E-state index contributed by atoms with van der Waals surface area (Å²) in [5.41, 5.74) is 6.65. The van der Waals surface area contributed by atoms with Gasteiger partial charge >= 0.3 is 0 Å². The molecule has 2 atom stereocenters. The van der Waals surface area contributed by atoms with Crippen molar-refractivity contribution in [3.05, 3.63) is 0 Å². The zero-order valence-electron chi connectivity index (χ0n) is 13.9. The lowest BCUT2D eigenvalue weighted by molar-refractivity contribution is 0.0237. The molecule has 2 heteroatoms. The van der Waals surface area contributed by atoms with E-state index in [1.807, 2.05) is 0 Å². The second-order valence-corrected chi connectivity index (χ2v) is 7.90. The van der Waals surface area contributed by atoms with Gasteiger partial charge in [0.1, 0.15) is 0 Å². The van der Waals surface area contributed by atoms with E-state index in [0.29, 0.717) is 12.1 Å². The van der Waals surface area contributed by atoms with Gasteiger partial charge in [-0.25, -0.2) is 0 Å². The van der Waals surface area contributed by atoms with Crippen molar-refractivity contribution in [3.63, 3.8) is 0 Å². The van der Waals surface area contributed by atoms with Crippen molar-refractivity contribution in [1.29, 1.82) is 0 Å². The Morgan fingerprint density at radius 3 is 1.48 bits per heavy atom. The zero-order valence-corrected chi connectivity index (χ0v) is 13.9. The topological polar surface area (TPSA) is 29.3 Å². The van der Waals surface area contributed by atoms with Crippen LogP contribution in [0, 0.1) is 0 Å². The standard InChI is InChI=1S/C19H36N2/c20-18-14-8-3-9-15-19(18)21(16-10-4-1-5-11-16)17-12-6-2-7-13-17/h16-19H,1-15,20H2. The molecule has 0 amide bonds. The molecular weight excluding hydrogens is 256 g/mol. The van der Waals surface area contributed by atoms with E-state index < -0.39 is 0 Å². The molecule has 3 saturated carbocycles. The van der Waals surface area contributed by atoms with Crippen LogP contribution in [-0.2, 0) is 0 Å². The number of nitrogens with zero attached hydrogens (tertiary/aromatic N) is 1. The summed E-state index contributed by atoms with van der Waals surface area (Å²) in [6.07, 6.45) is 21.3.